The molecule has 0 aliphatic rings. The normalized spacial score (nSPS) is 12.4. The molecule has 1 aromatic heterocycles. The third-order valence-electron chi connectivity index (χ3n) is 2.28. The number of aryl methyl sites for hydroxylation is 1. The minimum Gasteiger partial charge on any atom is -0.382 e. The zero-order chi connectivity index (χ0) is 10.7. The number of hydrogen-bond donors (Lipinski definition) is 1. The molecule has 2 rings (SSSR count). The summed E-state index contributed by atoms with van der Waals surface area (Å²) in [6, 6.07) is 9.47. The minimum absolute atomic E-state index is 0.619. The van der Waals surface area contributed by atoms with Gasteiger partial charge >= 0.3 is 0 Å². The molecular formula is C12H12N2O. The molecule has 0 radical (unpaired) electrons. The molecule has 0 saturated heterocycles. The molecule has 0 fully saturated rings. The summed E-state index contributed by atoms with van der Waals surface area (Å²) in [4.78, 5) is 7.83. The predicted molar refractivity (Wildman–Crippen MR) is 57.3 cm³/mol. The maximum Gasteiger partial charge on any atom is 0.121 e. The first kappa shape index (κ1) is 9.80. The van der Waals surface area contributed by atoms with E-state index in [0.29, 0.717) is 5.69 Å². The number of aromatic nitrogens is 2. The fourth-order valence-corrected chi connectivity index (χ4v) is 1.38. The molecule has 3 heteroatoms. The molecule has 1 unspecified atom stereocenters. The van der Waals surface area contributed by atoms with Crippen LogP contribution in [0.25, 0.3) is 0 Å². The van der Waals surface area contributed by atoms with Gasteiger partial charge in [-0.05, 0) is 18.6 Å². The summed E-state index contributed by atoms with van der Waals surface area (Å²) in [5.41, 5.74) is 2.64. The zero-order valence-electron chi connectivity index (χ0n) is 8.46. The largest absolute Gasteiger partial charge is 0.382 e. The van der Waals surface area contributed by atoms with Crippen molar-refractivity contribution in [2.24, 2.45) is 0 Å². The van der Waals surface area contributed by atoms with Crippen LogP contribution in [0.4, 0.5) is 0 Å². The average Bonchev–Trinajstić information content (AvgIpc) is 2.30. The van der Waals surface area contributed by atoms with Gasteiger partial charge in [-0.1, -0.05) is 29.8 Å². The van der Waals surface area contributed by atoms with E-state index in [1.165, 1.54) is 11.9 Å². The summed E-state index contributed by atoms with van der Waals surface area (Å²) < 4.78 is 0. The summed E-state index contributed by atoms with van der Waals surface area (Å²) in [6.45, 7) is 2.01. The van der Waals surface area contributed by atoms with Crippen LogP contribution in [0.5, 0.6) is 0 Å². The van der Waals surface area contributed by atoms with Crippen molar-refractivity contribution >= 4 is 0 Å². The van der Waals surface area contributed by atoms with Crippen molar-refractivity contribution in [1.29, 1.82) is 0 Å². The number of benzene rings is 1. The van der Waals surface area contributed by atoms with Gasteiger partial charge in [-0.2, -0.15) is 0 Å². The average molecular weight is 200 g/mol. The zero-order valence-corrected chi connectivity index (χ0v) is 8.46. The molecule has 1 aromatic carbocycles. The van der Waals surface area contributed by atoms with Crippen molar-refractivity contribution in [2.45, 2.75) is 13.0 Å². The quantitative estimate of drug-likeness (QED) is 0.804. The van der Waals surface area contributed by atoms with E-state index < -0.39 is 6.10 Å². The second-order valence-corrected chi connectivity index (χ2v) is 3.45. The predicted octanol–water partition coefficient (Wildman–Crippen LogP) is 1.87. The Morgan fingerprint density at radius 2 is 1.87 bits per heavy atom. The van der Waals surface area contributed by atoms with E-state index in [1.54, 1.807) is 12.3 Å². The number of aliphatic hydroxyl groups is 1. The van der Waals surface area contributed by atoms with E-state index >= 15 is 0 Å². The minimum atomic E-state index is -0.673. The molecule has 0 bridgehead atoms. The van der Waals surface area contributed by atoms with Crippen LogP contribution in [-0.2, 0) is 0 Å². The SMILES string of the molecule is Cc1ccc(C(O)c2ccncn2)cc1. The van der Waals surface area contributed by atoms with Crippen LogP contribution in [0.15, 0.2) is 42.9 Å². The summed E-state index contributed by atoms with van der Waals surface area (Å²) in [5.74, 6) is 0. The smallest absolute Gasteiger partial charge is 0.121 e. The molecule has 3 nitrogen and oxygen atoms in total. The van der Waals surface area contributed by atoms with Gasteiger partial charge in [-0.3, -0.25) is 0 Å². The molecule has 0 amide bonds. The first-order valence-electron chi connectivity index (χ1n) is 4.78. The summed E-state index contributed by atoms with van der Waals surface area (Å²) in [7, 11) is 0. The van der Waals surface area contributed by atoms with E-state index in [2.05, 4.69) is 9.97 Å². The Morgan fingerprint density at radius 1 is 1.13 bits per heavy atom. The van der Waals surface area contributed by atoms with Crippen LogP contribution in [-0.4, -0.2) is 15.1 Å². The Hall–Kier alpha value is -1.74. The van der Waals surface area contributed by atoms with E-state index in [4.69, 9.17) is 0 Å². The highest BCUT2D eigenvalue weighted by molar-refractivity contribution is 5.27. The lowest BCUT2D eigenvalue weighted by molar-refractivity contribution is 0.215. The Kier molecular flexibility index (Phi) is 2.74. The van der Waals surface area contributed by atoms with Crippen molar-refractivity contribution in [3.8, 4) is 0 Å². The molecule has 15 heavy (non-hydrogen) atoms. The van der Waals surface area contributed by atoms with Gasteiger partial charge < -0.3 is 5.11 Å². The first-order valence-corrected chi connectivity index (χ1v) is 4.78. The van der Waals surface area contributed by atoms with E-state index in [0.717, 1.165) is 5.56 Å². The highest BCUT2D eigenvalue weighted by Gasteiger charge is 2.10. The highest BCUT2D eigenvalue weighted by Crippen LogP contribution is 2.19. The van der Waals surface area contributed by atoms with Crippen LogP contribution < -0.4 is 0 Å². The Labute approximate surface area is 88.5 Å². The van der Waals surface area contributed by atoms with Crippen LogP contribution in [0.3, 0.4) is 0 Å². The standard InChI is InChI=1S/C12H12N2O/c1-9-2-4-10(5-3-9)12(15)11-6-7-13-8-14-11/h2-8,12,15H,1H3. The van der Waals surface area contributed by atoms with Gasteiger partial charge in [0.2, 0.25) is 0 Å². The fraction of sp³-hybridized carbons (Fsp3) is 0.167. The Bertz CT molecular complexity index is 425. The van der Waals surface area contributed by atoms with Gasteiger partial charge in [0.05, 0.1) is 5.69 Å². The first-order chi connectivity index (χ1) is 7.27. The van der Waals surface area contributed by atoms with Gasteiger partial charge in [0.1, 0.15) is 12.4 Å². The molecule has 0 spiro atoms. The van der Waals surface area contributed by atoms with E-state index in [-0.39, 0.29) is 0 Å². The maximum atomic E-state index is 9.99. The monoisotopic (exact) mass is 200 g/mol. The molecule has 1 heterocycles. The Balaban J connectivity index is 2.29. The second kappa shape index (κ2) is 4.19. The van der Waals surface area contributed by atoms with Crippen LogP contribution in [0.1, 0.15) is 22.9 Å². The second-order valence-electron chi connectivity index (χ2n) is 3.45. The number of hydrogen-bond acceptors (Lipinski definition) is 3. The van der Waals surface area contributed by atoms with Crippen molar-refractivity contribution in [3.63, 3.8) is 0 Å². The third kappa shape index (κ3) is 2.19. The van der Waals surface area contributed by atoms with Gasteiger partial charge in [-0.15, -0.1) is 0 Å². The lowest BCUT2D eigenvalue weighted by Gasteiger charge is -2.09. The van der Waals surface area contributed by atoms with Gasteiger partial charge in [-0.25, -0.2) is 9.97 Å². The molecule has 1 N–H and O–H groups in total. The molecule has 76 valence electrons. The van der Waals surface area contributed by atoms with Crippen molar-refractivity contribution < 1.29 is 5.11 Å². The number of aliphatic hydroxyl groups excluding tert-OH is 1. The van der Waals surface area contributed by atoms with Gasteiger partial charge in [0, 0.05) is 6.20 Å². The van der Waals surface area contributed by atoms with Crippen LogP contribution >= 0.6 is 0 Å². The molecule has 0 saturated carbocycles. The van der Waals surface area contributed by atoms with E-state index in [1.807, 2.05) is 31.2 Å². The van der Waals surface area contributed by atoms with Crippen molar-refractivity contribution in [1.82, 2.24) is 9.97 Å². The summed E-state index contributed by atoms with van der Waals surface area (Å²) in [5, 5.41) is 9.99. The maximum absolute atomic E-state index is 9.99. The highest BCUT2D eigenvalue weighted by atomic mass is 16.3. The lowest BCUT2D eigenvalue weighted by Crippen LogP contribution is -2.02. The van der Waals surface area contributed by atoms with Crippen molar-refractivity contribution in [2.75, 3.05) is 0 Å². The molecular weight excluding hydrogens is 188 g/mol. The van der Waals surface area contributed by atoms with Crippen LogP contribution in [0.2, 0.25) is 0 Å². The van der Waals surface area contributed by atoms with Crippen LogP contribution in [0, 0.1) is 6.92 Å². The van der Waals surface area contributed by atoms with Gasteiger partial charge in [0.25, 0.3) is 0 Å². The Morgan fingerprint density at radius 3 is 2.47 bits per heavy atom. The lowest BCUT2D eigenvalue weighted by atomic mass is 10.1. The van der Waals surface area contributed by atoms with Gasteiger partial charge in [0.15, 0.2) is 0 Å². The molecule has 0 aliphatic carbocycles. The fourth-order valence-electron chi connectivity index (χ4n) is 1.38. The number of nitrogens with zero attached hydrogens (tertiary/aromatic N) is 2. The van der Waals surface area contributed by atoms with E-state index in [9.17, 15) is 5.11 Å². The summed E-state index contributed by atoms with van der Waals surface area (Å²) in [6.07, 6.45) is 2.39. The van der Waals surface area contributed by atoms with Crippen molar-refractivity contribution in [3.05, 3.63) is 59.7 Å². The molecule has 2 aromatic rings. The third-order valence-corrected chi connectivity index (χ3v) is 2.28. The molecule has 1 atom stereocenters. The summed E-state index contributed by atoms with van der Waals surface area (Å²) >= 11 is 0. The molecule has 0 aliphatic heterocycles. The topological polar surface area (TPSA) is 46.0 Å². The number of rotatable bonds is 2.